The highest BCUT2D eigenvalue weighted by molar-refractivity contribution is 6.15. The number of carbonyl (C=O) groups excluding carboxylic acids is 2. The fraction of sp³-hybridized carbons (Fsp3) is 0.571. The van der Waals surface area contributed by atoms with Gasteiger partial charge < -0.3 is 9.47 Å². The maximum atomic E-state index is 11.7. The standard InChI is InChI=1S/C14H18O4/c1-4-8-5-9-7-11(10(9)6-8)12(13(15)17-2)14(16)18-3/h6,9-10H,4-5,7H2,1-3H3. The molecule has 4 nitrogen and oxygen atoms in total. The van der Waals surface area contributed by atoms with E-state index < -0.39 is 11.9 Å². The van der Waals surface area contributed by atoms with Gasteiger partial charge in [0.1, 0.15) is 5.57 Å². The van der Waals surface area contributed by atoms with E-state index in [0.717, 1.165) is 24.8 Å². The molecule has 0 N–H and O–H groups in total. The highest BCUT2D eigenvalue weighted by Crippen LogP contribution is 2.51. The van der Waals surface area contributed by atoms with Crippen LogP contribution in [0, 0.1) is 11.8 Å². The van der Waals surface area contributed by atoms with E-state index in [1.807, 2.05) is 0 Å². The maximum Gasteiger partial charge on any atom is 0.345 e. The first-order chi connectivity index (χ1) is 8.62. The molecule has 0 aromatic carbocycles. The van der Waals surface area contributed by atoms with Crippen molar-refractivity contribution in [2.75, 3.05) is 14.2 Å². The van der Waals surface area contributed by atoms with E-state index in [9.17, 15) is 9.59 Å². The molecule has 0 bridgehead atoms. The Morgan fingerprint density at radius 2 is 1.83 bits per heavy atom. The van der Waals surface area contributed by atoms with Crippen molar-refractivity contribution < 1.29 is 19.1 Å². The van der Waals surface area contributed by atoms with Crippen LogP contribution in [0.15, 0.2) is 22.8 Å². The highest BCUT2D eigenvalue weighted by atomic mass is 16.5. The molecule has 0 amide bonds. The number of hydrogen-bond donors (Lipinski definition) is 0. The number of rotatable bonds is 3. The van der Waals surface area contributed by atoms with Crippen molar-refractivity contribution in [1.29, 1.82) is 0 Å². The summed E-state index contributed by atoms with van der Waals surface area (Å²) in [5.41, 5.74) is 2.38. The molecule has 98 valence electrons. The summed E-state index contributed by atoms with van der Waals surface area (Å²) in [6.45, 7) is 2.13. The lowest BCUT2D eigenvalue weighted by Crippen LogP contribution is -2.30. The fourth-order valence-corrected chi connectivity index (χ4v) is 2.84. The second-order valence-electron chi connectivity index (χ2n) is 4.76. The Morgan fingerprint density at radius 1 is 1.22 bits per heavy atom. The van der Waals surface area contributed by atoms with Gasteiger partial charge in [0.15, 0.2) is 0 Å². The molecule has 2 aliphatic carbocycles. The number of fused-ring (bicyclic) bond motifs is 1. The first kappa shape index (κ1) is 12.9. The third-order valence-electron chi connectivity index (χ3n) is 3.89. The van der Waals surface area contributed by atoms with Gasteiger partial charge in [0.05, 0.1) is 14.2 Å². The van der Waals surface area contributed by atoms with Crippen LogP contribution in [0.4, 0.5) is 0 Å². The normalized spacial score (nSPS) is 24.8. The van der Waals surface area contributed by atoms with Crippen LogP contribution in [0.1, 0.15) is 26.2 Å². The quantitative estimate of drug-likeness (QED) is 0.253. The van der Waals surface area contributed by atoms with E-state index in [1.165, 1.54) is 19.8 Å². The number of allylic oxidation sites excluding steroid dienone is 3. The Morgan fingerprint density at radius 3 is 2.33 bits per heavy atom. The summed E-state index contributed by atoms with van der Waals surface area (Å²) >= 11 is 0. The lowest BCUT2D eigenvalue weighted by atomic mass is 9.69. The number of carbonyl (C=O) groups is 2. The van der Waals surface area contributed by atoms with Gasteiger partial charge in [-0.2, -0.15) is 0 Å². The number of hydrogen-bond acceptors (Lipinski definition) is 4. The van der Waals surface area contributed by atoms with Gasteiger partial charge in [-0.05, 0) is 30.8 Å². The summed E-state index contributed by atoms with van der Waals surface area (Å²) in [5.74, 6) is -0.394. The zero-order chi connectivity index (χ0) is 13.3. The van der Waals surface area contributed by atoms with Gasteiger partial charge in [0.25, 0.3) is 0 Å². The smallest absolute Gasteiger partial charge is 0.345 e. The van der Waals surface area contributed by atoms with Gasteiger partial charge >= 0.3 is 11.9 Å². The highest BCUT2D eigenvalue weighted by Gasteiger charge is 2.43. The third-order valence-corrected chi connectivity index (χ3v) is 3.89. The minimum atomic E-state index is -0.589. The molecule has 18 heavy (non-hydrogen) atoms. The molecule has 1 saturated carbocycles. The lowest BCUT2D eigenvalue weighted by Gasteiger charge is -2.35. The van der Waals surface area contributed by atoms with Crippen LogP contribution in [0.3, 0.4) is 0 Å². The monoisotopic (exact) mass is 250 g/mol. The summed E-state index contributed by atoms with van der Waals surface area (Å²) in [6, 6.07) is 0. The molecule has 0 aromatic heterocycles. The molecule has 0 aliphatic heterocycles. The summed E-state index contributed by atoms with van der Waals surface area (Å²) in [4.78, 5) is 23.4. The number of esters is 2. The third kappa shape index (κ3) is 1.96. The first-order valence-electron chi connectivity index (χ1n) is 6.21. The van der Waals surface area contributed by atoms with Crippen LogP contribution in [-0.2, 0) is 19.1 Å². The molecule has 0 aromatic rings. The van der Waals surface area contributed by atoms with E-state index in [1.54, 1.807) is 0 Å². The average Bonchev–Trinajstić information content (AvgIpc) is 2.70. The van der Waals surface area contributed by atoms with Crippen molar-refractivity contribution in [2.45, 2.75) is 26.2 Å². The lowest BCUT2D eigenvalue weighted by molar-refractivity contribution is -0.144. The Balaban J connectivity index is 2.31. The van der Waals surface area contributed by atoms with Crippen LogP contribution in [-0.4, -0.2) is 26.2 Å². The largest absolute Gasteiger partial charge is 0.465 e. The minimum absolute atomic E-state index is 0.0925. The number of ether oxygens (including phenoxy) is 2. The SMILES string of the molecule is CCC1=CC2C(=C(C(=O)OC)C(=O)OC)CC2C1. The molecule has 0 heterocycles. The molecular weight excluding hydrogens is 232 g/mol. The zero-order valence-corrected chi connectivity index (χ0v) is 11.0. The van der Waals surface area contributed by atoms with Crippen molar-refractivity contribution in [1.82, 2.24) is 0 Å². The van der Waals surface area contributed by atoms with Crippen molar-refractivity contribution in [3.8, 4) is 0 Å². The number of methoxy groups -OCH3 is 2. The summed E-state index contributed by atoms with van der Waals surface area (Å²) in [7, 11) is 2.56. The molecular formula is C14H18O4. The van der Waals surface area contributed by atoms with Gasteiger partial charge in [0.2, 0.25) is 0 Å². The van der Waals surface area contributed by atoms with E-state index in [-0.39, 0.29) is 11.5 Å². The zero-order valence-electron chi connectivity index (χ0n) is 11.0. The topological polar surface area (TPSA) is 52.6 Å². The summed E-state index contributed by atoms with van der Waals surface area (Å²) < 4.78 is 9.35. The van der Waals surface area contributed by atoms with Crippen molar-refractivity contribution >= 4 is 11.9 Å². The van der Waals surface area contributed by atoms with Crippen molar-refractivity contribution in [3.63, 3.8) is 0 Å². The maximum absolute atomic E-state index is 11.7. The van der Waals surface area contributed by atoms with Crippen LogP contribution >= 0.6 is 0 Å². The molecule has 0 radical (unpaired) electrons. The minimum Gasteiger partial charge on any atom is -0.465 e. The summed E-state index contributed by atoms with van der Waals surface area (Å²) in [6.07, 6.45) is 5.10. The van der Waals surface area contributed by atoms with Gasteiger partial charge in [0, 0.05) is 5.92 Å². The Kier molecular flexibility index (Phi) is 3.55. The molecule has 2 unspecified atom stereocenters. The van der Waals surface area contributed by atoms with Gasteiger partial charge in [-0.15, -0.1) is 0 Å². The van der Waals surface area contributed by atoms with E-state index in [4.69, 9.17) is 0 Å². The predicted octanol–water partition coefficient (Wildman–Crippen LogP) is 2.01. The van der Waals surface area contributed by atoms with Crippen LogP contribution in [0.2, 0.25) is 0 Å². The molecule has 1 fully saturated rings. The Bertz CT molecular complexity index is 427. The van der Waals surface area contributed by atoms with Gasteiger partial charge in [-0.1, -0.05) is 18.6 Å². The second-order valence-corrected chi connectivity index (χ2v) is 4.76. The molecule has 0 saturated heterocycles. The Labute approximate surface area is 107 Å². The first-order valence-corrected chi connectivity index (χ1v) is 6.21. The average molecular weight is 250 g/mol. The van der Waals surface area contributed by atoms with Crippen LogP contribution in [0.5, 0.6) is 0 Å². The molecule has 0 spiro atoms. The van der Waals surface area contributed by atoms with Gasteiger partial charge in [-0.3, -0.25) is 0 Å². The molecule has 2 rings (SSSR count). The molecule has 4 heteroatoms. The van der Waals surface area contributed by atoms with Crippen LogP contribution in [0.25, 0.3) is 0 Å². The van der Waals surface area contributed by atoms with E-state index >= 15 is 0 Å². The predicted molar refractivity (Wildman–Crippen MR) is 65.6 cm³/mol. The van der Waals surface area contributed by atoms with Crippen molar-refractivity contribution in [3.05, 3.63) is 22.8 Å². The van der Waals surface area contributed by atoms with E-state index in [0.29, 0.717) is 5.92 Å². The van der Waals surface area contributed by atoms with Gasteiger partial charge in [-0.25, -0.2) is 9.59 Å². The second kappa shape index (κ2) is 4.96. The fourth-order valence-electron chi connectivity index (χ4n) is 2.84. The van der Waals surface area contributed by atoms with Crippen LogP contribution < -0.4 is 0 Å². The summed E-state index contributed by atoms with van der Waals surface area (Å²) in [5, 5.41) is 0. The Hall–Kier alpha value is -1.58. The van der Waals surface area contributed by atoms with Crippen molar-refractivity contribution in [2.24, 2.45) is 11.8 Å². The molecule has 2 atom stereocenters. The molecule has 2 aliphatic rings. The van der Waals surface area contributed by atoms with E-state index in [2.05, 4.69) is 22.5 Å².